The van der Waals surface area contributed by atoms with Gasteiger partial charge in [-0.25, -0.2) is 8.78 Å². The second-order valence-corrected chi connectivity index (χ2v) is 5.94. The topological polar surface area (TPSA) is 54.5 Å². The van der Waals surface area contributed by atoms with Crippen molar-refractivity contribution in [3.63, 3.8) is 0 Å². The average Bonchev–Trinajstić information content (AvgIpc) is 2.35. The zero-order valence-corrected chi connectivity index (χ0v) is 11.8. The van der Waals surface area contributed by atoms with E-state index in [-0.39, 0.29) is 12.8 Å². The minimum absolute atomic E-state index is 0.137. The standard InChI is InChI=1S/C15H15F2NO3/c1-15(2)6-13(20)18(14(21)7-15)8-12(19)10-5-9(16)3-4-11(10)17/h3-5H,6-8H2,1-2H3. The van der Waals surface area contributed by atoms with Crippen molar-refractivity contribution in [3.05, 3.63) is 35.4 Å². The number of carbonyl (C=O) groups excluding carboxylic acids is 3. The minimum Gasteiger partial charge on any atom is -0.292 e. The Morgan fingerprint density at radius 1 is 1.19 bits per heavy atom. The molecule has 1 aliphatic heterocycles. The lowest BCUT2D eigenvalue weighted by Gasteiger charge is -2.34. The number of Topliss-reactive ketones (excluding diaryl/α,β-unsaturated/α-hetero) is 1. The Kier molecular flexibility index (Phi) is 3.89. The van der Waals surface area contributed by atoms with Gasteiger partial charge in [0.1, 0.15) is 11.6 Å². The van der Waals surface area contributed by atoms with E-state index in [1.807, 2.05) is 0 Å². The lowest BCUT2D eigenvalue weighted by atomic mass is 9.81. The van der Waals surface area contributed by atoms with Crippen molar-refractivity contribution in [1.82, 2.24) is 4.90 Å². The molecule has 0 bridgehead atoms. The van der Waals surface area contributed by atoms with Gasteiger partial charge in [-0.05, 0) is 23.6 Å². The van der Waals surface area contributed by atoms with E-state index in [1.54, 1.807) is 13.8 Å². The maximum atomic E-state index is 13.5. The van der Waals surface area contributed by atoms with Crippen LogP contribution in [0, 0.1) is 17.0 Å². The van der Waals surface area contributed by atoms with E-state index in [9.17, 15) is 23.2 Å². The van der Waals surface area contributed by atoms with E-state index >= 15 is 0 Å². The number of rotatable bonds is 3. The highest BCUT2D eigenvalue weighted by atomic mass is 19.1. The van der Waals surface area contributed by atoms with Crippen molar-refractivity contribution in [2.75, 3.05) is 6.54 Å². The smallest absolute Gasteiger partial charge is 0.230 e. The molecular formula is C15H15F2NO3. The SMILES string of the molecule is CC1(C)CC(=O)N(CC(=O)c2cc(F)ccc2F)C(=O)C1. The summed E-state index contributed by atoms with van der Waals surface area (Å²) in [5.74, 6) is -3.37. The number of imide groups is 1. The van der Waals surface area contributed by atoms with Crippen molar-refractivity contribution in [3.8, 4) is 0 Å². The molecule has 0 radical (unpaired) electrons. The van der Waals surface area contributed by atoms with Crippen LogP contribution in [0.25, 0.3) is 0 Å². The van der Waals surface area contributed by atoms with Gasteiger partial charge in [0.15, 0.2) is 5.78 Å². The predicted molar refractivity (Wildman–Crippen MR) is 70.4 cm³/mol. The van der Waals surface area contributed by atoms with Gasteiger partial charge < -0.3 is 0 Å². The van der Waals surface area contributed by atoms with E-state index in [0.717, 1.165) is 23.1 Å². The number of hydrogen-bond donors (Lipinski definition) is 0. The second kappa shape index (κ2) is 5.35. The van der Waals surface area contributed by atoms with Crippen LogP contribution >= 0.6 is 0 Å². The summed E-state index contributed by atoms with van der Waals surface area (Å²) < 4.78 is 26.6. The molecule has 0 unspecified atom stereocenters. The summed E-state index contributed by atoms with van der Waals surface area (Å²) in [6, 6.07) is 2.50. The summed E-state index contributed by atoms with van der Waals surface area (Å²) in [6.07, 6.45) is 0.273. The van der Waals surface area contributed by atoms with Crippen LogP contribution in [0.4, 0.5) is 8.78 Å². The number of hydrogen-bond acceptors (Lipinski definition) is 3. The summed E-state index contributed by atoms with van der Waals surface area (Å²) in [5, 5.41) is 0. The van der Waals surface area contributed by atoms with Crippen LogP contribution in [-0.2, 0) is 9.59 Å². The Bertz CT molecular complexity index is 605. The third-order valence-electron chi connectivity index (χ3n) is 3.39. The molecule has 2 rings (SSSR count). The van der Waals surface area contributed by atoms with Crippen molar-refractivity contribution < 1.29 is 23.2 Å². The van der Waals surface area contributed by atoms with E-state index in [0.29, 0.717) is 0 Å². The Hall–Kier alpha value is -2.11. The Labute approximate surface area is 120 Å². The highest BCUT2D eigenvalue weighted by Crippen LogP contribution is 2.31. The molecule has 2 amide bonds. The van der Waals surface area contributed by atoms with Gasteiger partial charge in [0.05, 0.1) is 12.1 Å². The van der Waals surface area contributed by atoms with Gasteiger partial charge in [-0.3, -0.25) is 19.3 Å². The number of piperidine rings is 1. The molecule has 4 nitrogen and oxygen atoms in total. The Morgan fingerprint density at radius 3 is 2.33 bits per heavy atom. The van der Waals surface area contributed by atoms with Crippen LogP contribution in [0.5, 0.6) is 0 Å². The molecule has 0 saturated carbocycles. The van der Waals surface area contributed by atoms with Crippen LogP contribution in [0.15, 0.2) is 18.2 Å². The van der Waals surface area contributed by atoms with Crippen molar-refractivity contribution >= 4 is 17.6 Å². The van der Waals surface area contributed by atoms with Crippen LogP contribution in [0.2, 0.25) is 0 Å². The zero-order valence-electron chi connectivity index (χ0n) is 11.8. The molecule has 21 heavy (non-hydrogen) atoms. The third-order valence-corrected chi connectivity index (χ3v) is 3.39. The number of benzene rings is 1. The lowest BCUT2D eigenvalue weighted by Crippen LogP contribution is -2.48. The minimum atomic E-state index is -0.876. The first-order valence-electron chi connectivity index (χ1n) is 6.51. The molecule has 112 valence electrons. The van der Waals surface area contributed by atoms with Crippen LogP contribution < -0.4 is 0 Å². The third kappa shape index (κ3) is 3.32. The number of halogens is 2. The largest absolute Gasteiger partial charge is 0.292 e. The summed E-state index contributed by atoms with van der Waals surface area (Å²) in [6.45, 7) is 3.01. The summed E-state index contributed by atoms with van der Waals surface area (Å²) in [7, 11) is 0. The molecule has 1 saturated heterocycles. The summed E-state index contributed by atoms with van der Waals surface area (Å²) in [5.41, 5.74) is -0.905. The molecular weight excluding hydrogens is 280 g/mol. The quantitative estimate of drug-likeness (QED) is 0.635. The molecule has 1 aromatic rings. The van der Waals surface area contributed by atoms with E-state index < -0.39 is 46.8 Å². The fourth-order valence-electron chi connectivity index (χ4n) is 2.33. The molecule has 0 aromatic heterocycles. The predicted octanol–water partition coefficient (Wildman–Crippen LogP) is 2.32. The number of ketones is 1. The highest BCUT2D eigenvalue weighted by Gasteiger charge is 2.38. The van der Waals surface area contributed by atoms with E-state index in [1.165, 1.54) is 0 Å². The fourth-order valence-corrected chi connectivity index (χ4v) is 2.33. The van der Waals surface area contributed by atoms with Gasteiger partial charge in [-0.1, -0.05) is 13.8 Å². The Morgan fingerprint density at radius 2 is 1.76 bits per heavy atom. The number of likely N-dealkylation sites (tertiary alicyclic amines) is 1. The first-order valence-corrected chi connectivity index (χ1v) is 6.51. The lowest BCUT2D eigenvalue weighted by molar-refractivity contribution is -0.151. The molecule has 1 heterocycles. The first kappa shape index (κ1) is 15.3. The van der Waals surface area contributed by atoms with E-state index in [2.05, 4.69) is 0 Å². The molecule has 6 heteroatoms. The average molecular weight is 295 g/mol. The second-order valence-electron chi connectivity index (χ2n) is 5.94. The van der Waals surface area contributed by atoms with Crippen molar-refractivity contribution in [1.29, 1.82) is 0 Å². The van der Waals surface area contributed by atoms with Gasteiger partial charge in [-0.15, -0.1) is 0 Å². The monoisotopic (exact) mass is 295 g/mol. The van der Waals surface area contributed by atoms with Gasteiger partial charge in [0.2, 0.25) is 11.8 Å². The number of amides is 2. The summed E-state index contributed by atoms with van der Waals surface area (Å²) >= 11 is 0. The molecule has 1 fully saturated rings. The van der Waals surface area contributed by atoms with Crippen LogP contribution in [0.1, 0.15) is 37.0 Å². The molecule has 0 spiro atoms. The molecule has 1 aromatic carbocycles. The zero-order chi connectivity index (χ0) is 15.8. The highest BCUT2D eigenvalue weighted by molar-refractivity contribution is 6.06. The maximum absolute atomic E-state index is 13.5. The van der Waals surface area contributed by atoms with Gasteiger partial charge in [0, 0.05) is 12.8 Å². The summed E-state index contributed by atoms with van der Waals surface area (Å²) in [4.78, 5) is 36.7. The van der Waals surface area contributed by atoms with Gasteiger partial charge in [-0.2, -0.15) is 0 Å². The molecule has 1 aliphatic rings. The van der Waals surface area contributed by atoms with Crippen LogP contribution in [0.3, 0.4) is 0 Å². The van der Waals surface area contributed by atoms with E-state index in [4.69, 9.17) is 0 Å². The normalized spacial score (nSPS) is 18.0. The fraction of sp³-hybridized carbons (Fsp3) is 0.400. The number of nitrogens with zero attached hydrogens (tertiary/aromatic N) is 1. The van der Waals surface area contributed by atoms with Crippen molar-refractivity contribution in [2.45, 2.75) is 26.7 Å². The van der Waals surface area contributed by atoms with Gasteiger partial charge in [0.25, 0.3) is 0 Å². The van der Waals surface area contributed by atoms with Gasteiger partial charge >= 0.3 is 0 Å². The number of carbonyl (C=O) groups is 3. The maximum Gasteiger partial charge on any atom is 0.230 e. The van der Waals surface area contributed by atoms with Crippen LogP contribution in [-0.4, -0.2) is 29.0 Å². The molecule has 0 atom stereocenters. The molecule has 0 N–H and O–H groups in total. The molecule has 0 aliphatic carbocycles. The Balaban J connectivity index is 2.18. The van der Waals surface area contributed by atoms with Crippen molar-refractivity contribution in [2.24, 2.45) is 5.41 Å². The first-order chi connectivity index (χ1) is 9.69.